The van der Waals surface area contributed by atoms with Crippen molar-refractivity contribution in [1.29, 1.82) is 0 Å². The standard InChI is InChI=1S/C17H36N4O.HI/c1-15(2)14-22-11-7-8-19-17(18-4)20-12-16(3)13-21-9-5-6-10-21;/h15-16H,5-14H2,1-4H3,(H2,18,19,20);1H. The third-order valence-corrected chi connectivity index (χ3v) is 3.82. The van der Waals surface area contributed by atoms with Crippen LogP contribution in [-0.2, 0) is 4.74 Å². The van der Waals surface area contributed by atoms with Gasteiger partial charge in [-0.15, -0.1) is 24.0 Å². The van der Waals surface area contributed by atoms with Crippen molar-refractivity contribution in [3.05, 3.63) is 0 Å². The summed E-state index contributed by atoms with van der Waals surface area (Å²) >= 11 is 0. The van der Waals surface area contributed by atoms with Gasteiger partial charge in [-0.3, -0.25) is 4.99 Å². The fourth-order valence-electron chi connectivity index (χ4n) is 2.66. The molecule has 1 heterocycles. The molecule has 5 nitrogen and oxygen atoms in total. The van der Waals surface area contributed by atoms with Crippen LogP contribution in [0.1, 0.15) is 40.0 Å². The number of nitrogens with one attached hydrogen (secondary N) is 2. The molecule has 0 amide bonds. The number of guanidine groups is 1. The highest BCUT2D eigenvalue weighted by Crippen LogP contribution is 2.09. The number of hydrogen-bond acceptors (Lipinski definition) is 3. The number of rotatable bonds is 10. The van der Waals surface area contributed by atoms with Gasteiger partial charge < -0.3 is 20.3 Å². The van der Waals surface area contributed by atoms with Gasteiger partial charge in [0.15, 0.2) is 5.96 Å². The van der Waals surface area contributed by atoms with Crippen LogP contribution in [0.2, 0.25) is 0 Å². The van der Waals surface area contributed by atoms with Gasteiger partial charge in [-0.2, -0.15) is 0 Å². The quantitative estimate of drug-likeness (QED) is 0.237. The lowest BCUT2D eigenvalue weighted by atomic mass is 10.1. The first-order valence-electron chi connectivity index (χ1n) is 8.86. The van der Waals surface area contributed by atoms with Crippen LogP contribution in [0.3, 0.4) is 0 Å². The second-order valence-corrected chi connectivity index (χ2v) is 6.82. The fraction of sp³-hybridized carbons (Fsp3) is 0.941. The van der Waals surface area contributed by atoms with Gasteiger partial charge in [0, 0.05) is 39.9 Å². The van der Waals surface area contributed by atoms with E-state index in [1.165, 1.54) is 32.5 Å². The highest BCUT2D eigenvalue weighted by Gasteiger charge is 2.14. The molecule has 1 unspecified atom stereocenters. The van der Waals surface area contributed by atoms with Crippen LogP contribution in [0.25, 0.3) is 0 Å². The van der Waals surface area contributed by atoms with Crippen LogP contribution in [0.5, 0.6) is 0 Å². The zero-order valence-corrected chi connectivity index (χ0v) is 17.8. The molecular formula is C17H37IN4O. The molecule has 1 atom stereocenters. The monoisotopic (exact) mass is 440 g/mol. The number of nitrogens with zero attached hydrogens (tertiary/aromatic N) is 2. The normalized spacial score (nSPS) is 17.2. The predicted molar refractivity (Wildman–Crippen MR) is 110 cm³/mol. The second-order valence-electron chi connectivity index (χ2n) is 6.82. The summed E-state index contributed by atoms with van der Waals surface area (Å²) in [5, 5.41) is 6.78. The first kappa shape index (κ1) is 22.9. The minimum atomic E-state index is 0. The van der Waals surface area contributed by atoms with Crippen molar-refractivity contribution in [1.82, 2.24) is 15.5 Å². The Hall–Kier alpha value is -0.0800. The molecule has 1 aliphatic rings. The van der Waals surface area contributed by atoms with E-state index in [1.807, 2.05) is 7.05 Å². The molecule has 0 saturated carbocycles. The number of aliphatic imine (C=N–C) groups is 1. The molecule has 1 fully saturated rings. The Morgan fingerprint density at radius 2 is 1.87 bits per heavy atom. The van der Waals surface area contributed by atoms with Crippen molar-refractivity contribution in [3.63, 3.8) is 0 Å². The molecule has 0 radical (unpaired) electrons. The zero-order chi connectivity index (χ0) is 16.2. The predicted octanol–water partition coefficient (Wildman–Crippen LogP) is 2.56. The van der Waals surface area contributed by atoms with Crippen LogP contribution < -0.4 is 10.6 Å². The van der Waals surface area contributed by atoms with Crippen molar-refractivity contribution < 1.29 is 4.74 Å². The summed E-state index contributed by atoms with van der Waals surface area (Å²) in [7, 11) is 1.83. The molecular weight excluding hydrogens is 403 g/mol. The van der Waals surface area contributed by atoms with E-state index in [-0.39, 0.29) is 24.0 Å². The molecule has 1 saturated heterocycles. The Morgan fingerprint density at radius 3 is 2.48 bits per heavy atom. The molecule has 0 spiro atoms. The average Bonchev–Trinajstić information content (AvgIpc) is 2.98. The third-order valence-electron chi connectivity index (χ3n) is 3.82. The molecule has 2 N–H and O–H groups in total. The Morgan fingerprint density at radius 1 is 1.17 bits per heavy atom. The zero-order valence-electron chi connectivity index (χ0n) is 15.4. The summed E-state index contributed by atoms with van der Waals surface area (Å²) in [5.41, 5.74) is 0. The molecule has 23 heavy (non-hydrogen) atoms. The first-order valence-corrected chi connectivity index (χ1v) is 8.86. The Balaban J connectivity index is 0.00000484. The maximum absolute atomic E-state index is 5.58. The molecule has 1 aliphatic heterocycles. The molecule has 138 valence electrons. The van der Waals surface area contributed by atoms with E-state index in [0.29, 0.717) is 11.8 Å². The molecule has 1 rings (SSSR count). The minimum Gasteiger partial charge on any atom is -0.381 e. The van der Waals surface area contributed by atoms with Gasteiger partial charge in [-0.25, -0.2) is 0 Å². The van der Waals surface area contributed by atoms with Crippen LogP contribution in [-0.4, -0.2) is 63.8 Å². The van der Waals surface area contributed by atoms with E-state index < -0.39 is 0 Å². The summed E-state index contributed by atoms with van der Waals surface area (Å²) in [6.45, 7) is 13.9. The molecule has 0 bridgehead atoms. The topological polar surface area (TPSA) is 48.9 Å². The van der Waals surface area contributed by atoms with Crippen molar-refractivity contribution in [3.8, 4) is 0 Å². The highest BCUT2D eigenvalue weighted by molar-refractivity contribution is 14.0. The Kier molecular flexibility index (Phi) is 14.2. The van der Waals surface area contributed by atoms with E-state index >= 15 is 0 Å². The third kappa shape index (κ3) is 12.0. The second kappa shape index (κ2) is 14.3. The van der Waals surface area contributed by atoms with Crippen molar-refractivity contribution in [2.24, 2.45) is 16.8 Å². The van der Waals surface area contributed by atoms with E-state index in [1.54, 1.807) is 0 Å². The fourth-order valence-corrected chi connectivity index (χ4v) is 2.66. The van der Waals surface area contributed by atoms with Gasteiger partial charge in [-0.05, 0) is 44.2 Å². The largest absolute Gasteiger partial charge is 0.381 e. The van der Waals surface area contributed by atoms with Crippen molar-refractivity contribution in [2.75, 3.05) is 53.0 Å². The lowest BCUT2D eigenvalue weighted by Crippen LogP contribution is -2.41. The van der Waals surface area contributed by atoms with Crippen LogP contribution >= 0.6 is 24.0 Å². The summed E-state index contributed by atoms with van der Waals surface area (Å²) in [6, 6.07) is 0. The molecule has 0 aromatic carbocycles. The van der Waals surface area contributed by atoms with Crippen LogP contribution in [0.4, 0.5) is 0 Å². The minimum absolute atomic E-state index is 0. The van der Waals surface area contributed by atoms with Crippen LogP contribution in [0, 0.1) is 11.8 Å². The maximum atomic E-state index is 5.58. The molecule has 0 aliphatic carbocycles. The van der Waals surface area contributed by atoms with Gasteiger partial charge >= 0.3 is 0 Å². The summed E-state index contributed by atoms with van der Waals surface area (Å²) in [4.78, 5) is 6.84. The number of ether oxygens (including phenoxy) is 1. The van der Waals surface area contributed by atoms with E-state index in [9.17, 15) is 0 Å². The molecule has 0 aromatic heterocycles. The van der Waals surface area contributed by atoms with Gasteiger partial charge in [0.05, 0.1) is 0 Å². The van der Waals surface area contributed by atoms with Gasteiger partial charge in [-0.1, -0.05) is 20.8 Å². The highest BCUT2D eigenvalue weighted by atomic mass is 127. The molecule has 6 heteroatoms. The number of likely N-dealkylation sites (tertiary alicyclic amines) is 1. The summed E-state index contributed by atoms with van der Waals surface area (Å²) in [6.07, 6.45) is 3.74. The smallest absolute Gasteiger partial charge is 0.190 e. The molecule has 0 aromatic rings. The Labute approximate surface area is 160 Å². The maximum Gasteiger partial charge on any atom is 0.190 e. The average molecular weight is 440 g/mol. The van der Waals surface area contributed by atoms with Crippen molar-refractivity contribution >= 4 is 29.9 Å². The van der Waals surface area contributed by atoms with Gasteiger partial charge in [0.2, 0.25) is 0 Å². The van der Waals surface area contributed by atoms with E-state index in [2.05, 4.69) is 41.3 Å². The van der Waals surface area contributed by atoms with Gasteiger partial charge in [0.1, 0.15) is 0 Å². The Bertz CT molecular complexity index is 307. The lowest BCUT2D eigenvalue weighted by molar-refractivity contribution is 0.108. The van der Waals surface area contributed by atoms with Crippen LogP contribution in [0.15, 0.2) is 4.99 Å². The SMILES string of the molecule is CN=C(NCCCOCC(C)C)NCC(C)CN1CCCC1.I. The number of hydrogen-bond donors (Lipinski definition) is 2. The van der Waals surface area contributed by atoms with E-state index in [4.69, 9.17) is 4.74 Å². The first-order chi connectivity index (χ1) is 10.6. The summed E-state index contributed by atoms with van der Waals surface area (Å²) < 4.78 is 5.58. The van der Waals surface area contributed by atoms with Crippen molar-refractivity contribution in [2.45, 2.75) is 40.0 Å². The lowest BCUT2D eigenvalue weighted by Gasteiger charge is -2.21. The van der Waals surface area contributed by atoms with Gasteiger partial charge in [0.25, 0.3) is 0 Å². The number of halogens is 1. The van der Waals surface area contributed by atoms with E-state index in [0.717, 1.165) is 38.7 Å². The summed E-state index contributed by atoms with van der Waals surface area (Å²) in [5.74, 6) is 2.16.